The maximum atomic E-state index is 12.1. The summed E-state index contributed by atoms with van der Waals surface area (Å²) in [6.45, 7) is 18.8. The van der Waals surface area contributed by atoms with Gasteiger partial charge < -0.3 is 15.3 Å². The SMILES string of the molecule is CC(C)(C)c1cc(C(C)(C)C)c(OC(=O)NOC(N)=O)c(C(C)(C)C)c1. The standard InChI is InChI=1S/C20H32N2O4/c1-18(2,3)12-10-13(19(4,5)6)15(14(11-12)20(7,8)9)25-17(24)22-26-16(21)23/h10-11H,1-9H3,(H2,21,23)(H,22,24). The number of carbonyl (C=O) groups is 2. The van der Waals surface area contributed by atoms with Gasteiger partial charge in [-0.3, -0.25) is 0 Å². The van der Waals surface area contributed by atoms with Crippen molar-refractivity contribution in [2.24, 2.45) is 5.73 Å². The minimum absolute atomic E-state index is 0.0597. The van der Waals surface area contributed by atoms with Crippen LogP contribution in [0.15, 0.2) is 12.1 Å². The Labute approximate surface area is 156 Å². The summed E-state index contributed by atoms with van der Waals surface area (Å²) in [6.07, 6.45) is -2.01. The fourth-order valence-electron chi connectivity index (χ4n) is 2.49. The highest BCUT2D eigenvalue weighted by Gasteiger charge is 2.31. The van der Waals surface area contributed by atoms with Gasteiger partial charge in [0.2, 0.25) is 0 Å². The van der Waals surface area contributed by atoms with Crippen molar-refractivity contribution >= 4 is 12.2 Å². The molecule has 6 nitrogen and oxygen atoms in total. The van der Waals surface area contributed by atoms with E-state index in [-0.39, 0.29) is 16.2 Å². The van der Waals surface area contributed by atoms with Crippen LogP contribution in [-0.2, 0) is 21.1 Å². The molecule has 0 fully saturated rings. The maximum absolute atomic E-state index is 12.1. The first-order chi connectivity index (χ1) is 11.5. The van der Waals surface area contributed by atoms with E-state index in [1.165, 1.54) is 0 Å². The molecule has 1 aromatic rings. The molecule has 0 bridgehead atoms. The third kappa shape index (κ3) is 5.64. The Kier molecular flexibility index (Phi) is 6.02. The van der Waals surface area contributed by atoms with Gasteiger partial charge in [-0.05, 0) is 21.8 Å². The van der Waals surface area contributed by atoms with E-state index in [0.717, 1.165) is 16.7 Å². The number of primary amides is 1. The van der Waals surface area contributed by atoms with Crippen LogP contribution in [-0.4, -0.2) is 12.2 Å². The number of hydrogen-bond donors (Lipinski definition) is 2. The largest absolute Gasteiger partial charge is 0.446 e. The molecule has 146 valence electrons. The molecule has 0 aliphatic rings. The fourth-order valence-corrected chi connectivity index (χ4v) is 2.49. The summed E-state index contributed by atoms with van der Waals surface area (Å²) in [6, 6.07) is 4.15. The van der Waals surface area contributed by atoms with Crippen molar-refractivity contribution in [1.29, 1.82) is 0 Å². The molecule has 2 amide bonds. The van der Waals surface area contributed by atoms with E-state index in [4.69, 9.17) is 10.5 Å². The minimum atomic E-state index is -1.11. The molecule has 3 N–H and O–H groups in total. The lowest BCUT2D eigenvalue weighted by atomic mass is 9.75. The normalized spacial score (nSPS) is 12.5. The first-order valence-electron chi connectivity index (χ1n) is 8.67. The van der Waals surface area contributed by atoms with Crippen LogP contribution in [0.25, 0.3) is 0 Å². The lowest BCUT2D eigenvalue weighted by molar-refractivity contribution is 0.0904. The average molecular weight is 364 g/mol. The van der Waals surface area contributed by atoms with Gasteiger partial charge in [-0.2, -0.15) is 0 Å². The van der Waals surface area contributed by atoms with Gasteiger partial charge in [-0.25, -0.2) is 9.59 Å². The minimum Gasteiger partial charge on any atom is -0.408 e. The second-order valence-corrected chi connectivity index (χ2v) is 9.56. The molecule has 0 saturated carbocycles. The van der Waals surface area contributed by atoms with E-state index in [2.05, 4.69) is 79.3 Å². The third-order valence-corrected chi connectivity index (χ3v) is 4.00. The van der Waals surface area contributed by atoms with Crippen molar-refractivity contribution in [3.63, 3.8) is 0 Å². The number of ether oxygens (including phenoxy) is 1. The molecule has 0 aliphatic carbocycles. The van der Waals surface area contributed by atoms with Gasteiger partial charge in [0.15, 0.2) is 0 Å². The summed E-state index contributed by atoms with van der Waals surface area (Å²) in [5.41, 5.74) is 9.15. The van der Waals surface area contributed by atoms with Crippen LogP contribution in [0.1, 0.15) is 79.0 Å². The number of rotatable bonds is 1. The number of carbonyl (C=O) groups excluding carboxylic acids is 2. The number of hydroxylamine groups is 1. The molecule has 0 spiro atoms. The molecule has 0 atom stereocenters. The van der Waals surface area contributed by atoms with Crippen LogP contribution >= 0.6 is 0 Å². The zero-order valence-corrected chi connectivity index (χ0v) is 17.4. The first kappa shape index (κ1) is 21.8. The van der Waals surface area contributed by atoms with Crippen molar-refractivity contribution in [3.05, 3.63) is 28.8 Å². The van der Waals surface area contributed by atoms with E-state index in [0.29, 0.717) is 5.75 Å². The van der Waals surface area contributed by atoms with Crippen LogP contribution in [0, 0.1) is 0 Å². The van der Waals surface area contributed by atoms with Crippen LogP contribution in [0.5, 0.6) is 5.75 Å². The predicted molar refractivity (Wildman–Crippen MR) is 102 cm³/mol. The fraction of sp³-hybridized carbons (Fsp3) is 0.600. The van der Waals surface area contributed by atoms with Crippen molar-refractivity contribution in [1.82, 2.24) is 5.48 Å². The zero-order valence-electron chi connectivity index (χ0n) is 17.4. The van der Waals surface area contributed by atoms with E-state index >= 15 is 0 Å². The lowest BCUT2D eigenvalue weighted by Gasteiger charge is -2.32. The molecule has 0 heterocycles. The van der Waals surface area contributed by atoms with Gasteiger partial charge in [-0.1, -0.05) is 74.4 Å². The highest BCUT2D eigenvalue weighted by Crippen LogP contribution is 2.42. The Morgan fingerprint density at radius 3 is 1.58 bits per heavy atom. The smallest absolute Gasteiger partial charge is 0.408 e. The van der Waals surface area contributed by atoms with Gasteiger partial charge in [0.1, 0.15) is 5.75 Å². The van der Waals surface area contributed by atoms with Gasteiger partial charge in [0.25, 0.3) is 0 Å². The van der Waals surface area contributed by atoms with Crippen molar-refractivity contribution in [2.45, 2.75) is 78.6 Å². The van der Waals surface area contributed by atoms with Gasteiger partial charge in [0.05, 0.1) is 0 Å². The monoisotopic (exact) mass is 364 g/mol. The molecule has 26 heavy (non-hydrogen) atoms. The van der Waals surface area contributed by atoms with E-state index in [1.54, 1.807) is 0 Å². The van der Waals surface area contributed by atoms with Crippen molar-refractivity contribution in [3.8, 4) is 5.75 Å². The second-order valence-electron chi connectivity index (χ2n) is 9.56. The summed E-state index contributed by atoms with van der Waals surface area (Å²) in [5, 5.41) is 0. The number of amides is 2. The summed E-state index contributed by atoms with van der Waals surface area (Å²) in [5.74, 6) is 0.476. The Morgan fingerprint density at radius 2 is 1.27 bits per heavy atom. The molecular formula is C20H32N2O4. The molecule has 0 unspecified atom stereocenters. The molecule has 0 aromatic heterocycles. The quantitative estimate of drug-likeness (QED) is 0.708. The molecular weight excluding hydrogens is 332 g/mol. The van der Waals surface area contributed by atoms with Crippen LogP contribution in [0.3, 0.4) is 0 Å². The zero-order chi connectivity index (χ0) is 20.5. The lowest BCUT2D eigenvalue weighted by Crippen LogP contribution is -2.33. The first-order valence-corrected chi connectivity index (χ1v) is 8.67. The van der Waals surface area contributed by atoms with Crippen molar-refractivity contribution in [2.75, 3.05) is 0 Å². The Hall–Kier alpha value is -2.24. The van der Waals surface area contributed by atoms with E-state index in [1.807, 2.05) is 5.48 Å². The Bertz CT molecular complexity index is 654. The van der Waals surface area contributed by atoms with Crippen LogP contribution in [0.2, 0.25) is 0 Å². The van der Waals surface area contributed by atoms with E-state index < -0.39 is 12.2 Å². The highest BCUT2D eigenvalue weighted by molar-refractivity contribution is 5.74. The summed E-state index contributed by atoms with van der Waals surface area (Å²) in [7, 11) is 0. The molecule has 0 aliphatic heterocycles. The highest BCUT2D eigenvalue weighted by atomic mass is 16.7. The topological polar surface area (TPSA) is 90.7 Å². The van der Waals surface area contributed by atoms with E-state index in [9.17, 15) is 9.59 Å². The van der Waals surface area contributed by atoms with Crippen LogP contribution < -0.4 is 16.0 Å². The molecule has 6 heteroatoms. The van der Waals surface area contributed by atoms with Gasteiger partial charge in [-0.15, -0.1) is 5.48 Å². The Balaban J connectivity index is 3.58. The predicted octanol–water partition coefficient (Wildman–Crippen LogP) is 4.68. The third-order valence-electron chi connectivity index (χ3n) is 4.00. The second kappa shape index (κ2) is 7.17. The van der Waals surface area contributed by atoms with Gasteiger partial charge >= 0.3 is 12.2 Å². The number of nitrogens with two attached hydrogens (primary N) is 1. The summed E-state index contributed by atoms with van der Waals surface area (Å²) in [4.78, 5) is 27.1. The number of benzene rings is 1. The molecule has 0 saturated heterocycles. The Morgan fingerprint density at radius 1 is 0.846 bits per heavy atom. The number of nitrogens with one attached hydrogen (secondary N) is 1. The summed E-state index contributed by atoms with van der Waals surface area (Å²) < 4.78 is 5.56. The maximum Gasteiger partial charge on any atom is 0.446 e. The molecule has 1 rings (SSSR count). The van der Waals surface area contributed by atoms with Crippen LogP contribution in [0.4, 0.5) is 9.59 Å². The average Bonchev–Trinajstić information content (AvgIpc) is 2.41. The van der Waals surface area contributed by atoms with Gasteiger partial charge in [0, 0.05) is 11.1 Å². The molecule has 1 aromatic carbocycles. The van der Waals surface area contributed by atoms with Crippen molar-refractivity contribution < 1.29 is 19.2 Å². The number of hydrogen-bond acceptors (Lipinski definition) is 4. The summed E-state index contributed by atoms with van der Waals surface area (Å²) >= 11 is 0. The molecule has 0 radical (unpaired) electrons.